The predicted molar refractivity (Wildman–Crippen MR) is 61.6 cm³/mol. The molecule has 0 saturated heterocycles. The summed E-state index contributed by atoms with van der Waals surface area (Å²) in [4.78, 5) is 12.2. The van der Waals surface area contributed by atoms with E-state index in [0.717, 1.165) is 18.8 Å². The second-order valence-corrected chi connectivity index (χ2v) is 5.92. The molecule has 0 aliphatic heterocycles. The molecule has 80 valence electrons. The molecular formula is C12H19BrO. The van der Waals surface area contributed by atoms with Gasteiger partial charge >= 0.3 is 0 Å². The molecule has 4 atom stereocenters. The third kappa shape index (κ3) is 1.91. The van der Waals surface area contributed by atoms with E-state index in [9.17, 15) is 4.79 Å². The number of hydrogen-bond acceptors (Lipinski definition) is 1. The van der Waals surface area contributed by atoms with Gasteiger partial charge in [-0.2, -0.15) is 0 Å². The van der Waals surface area contributed by atoms with Crippen molar-refractivity contribution < 1.29 is 4.79 Å². The molecule has 0 aromatic rings. The lowest BCUT2D eigenvalue weighted by Crippen LogP contribution is -2.27. The molecule has 2 saturated carbocycles. The van der Waals surface area contributed by atoms with Crippen LogP contribution in [0.2, 0.25) is 0 Å². The van der Waals surface area contributed by atoms with Gasteiger partial charge in [0.1, 0.15) is 5.78 Å². The fourth-order valence-electron chi connectivity index (χ4n) is 3.14. The minimum absolute atomic E-state index is 0.153. The number of carbonyl (C=O) groups is 1. The van der Waals surface area contributed by atoms with E-state index in [4.69, 9.17) is 0 Å². The van der Waals surface area contributed by atoms with Crippen molar-refractivity contribution in [3.05, 3.63) is 0 Å². The van der Waals surface area contributed by atoms with Crippen molar-refractivity contribution in [3.8, 4) is 0 Å². The van der Waals surface area contributed by atoms with E-state index in [-0.39, 0.29) is 4.83 Å². The Morgan fingerprint density at radius 3 is 2.86 bits per heavy atom. The summed E-state index contributed by atoms with van der Waals surface area (Å²) in [5, 5.41) is 0. The molecule has 0 radical (unpaired) electrons. The Balaban J connectivity index is 2.16. The lowest BCUT2D eigenvalue weighted by molar-refractivity contribution is -0.123. The minimum atomic E-state index is 0.153. The molecule has 2 aliphatic carbocycles. The fourth-order valence-corrected chi connectivity index (χ4v) is 4.11. The minimum Gasteiger partial charge on any atom is -0.298 e. The van der Waals surface area contributed by atoms with Crippen molar-refractivity contribution in [1.29, 1.82) is 0 Å². The lowest BCUT2D eigenvalue weighted by Gasteiger charge is -2.25. The summed E-state index contributed by atoms with van der Waals surface area (Å²) in [6.07, 6.45) is 7.38. The zero-order valence-electron chi connectivity index (χ0n) is 8.84. The molecule has 0 N–H and O–H groups in total. The Hall–Kier alpha value is 0.150. The number of rotatable bonds is 1. The second kappa shape index (κ2) is 4.34. The van der Waals surface area contributed by atoms with Gasteiger partial charge in [-0.05, 0) is 31.1 Å². The molecule has 4 unspecified atom stereocenters. The standard InChI is InChI=1S/C12H19BrO/c1-2-9-6-8-4-3-5-10(7-8)12(14)11(9)13/h8-11H,2-7H2,1H3. The van der Waals surface area contributed by atoms with Crippen molar-refractivity contribution >= 4 is 21.7 Å². The van der Waals surface area contributed by atoms with E-state index in [1.54, 1.807) is 0 Å². The SMILES string of the molecule is CCC1CC2CCCC(C2)C(=O)C1Br. The summed E-state index contributed by atoms with van der Waals surface area (Å²) < 4.78 is 0. The Labute approximate surface area is 94.8 Å². The first-order valence-electron chi connectivity index (χ1n) is 5.90. The van der Waals surface area contributed by atoms with Crippen LogP contribution in [0.4, 0.5) is 0 Å². The highest BCUT2D eigenvalue weighted by molar-refractivity contribution is 9.10. The number of halogens is 1. The third-order valence-corrected chi connectivity index (χ3v) is 5.23. The molecule has 2 heteroatoms. The van der Waals surface area contributed by atoms with E-state index >= 15 is 0 Å². The predicted octanol–water partition coefficient (Wildman–Crippen LogP) is 3.56. The van der Waals surface area contributed by atoms with Gasteiger partial charge in [0.2, 0.25) is 0 Å². The van der Waals surface area contributed by atoms with Crippen molar-refractivity contribution in [3.63, 3.8) is 0 Å². The number of fused-ring (bicyclic) bond motifs is 2. The normalized spacial score (nSPS) is 43.4. The van der Waals surface area contributed by atoms with Crippen LogP contribution in [0.5, 0.6) is 0 Å². The van der Waals surface area contributed by atoms with Gasteiger partial charge in [0, 0.05) is 5.92 Å². The van der Waals surface area contributed by atoms with Gasteiger partial charge in [-0.3, -0.25) is 4.79 Å². The van der Waals surface area contributed by atoms with Crippen LogP contribution >= 0.6 is 15.9 Å². The average Bonchev–Trinajstić information content (AvgIpc) is 2.30. The smallest absolute Gasteiger partial charge is 0.149 e. The molecule has 2 fully saturated rings. The number of carbonyl (C=O) groups excluding carboxylic acids is 1. The number of ketones is 1. The van der Waals surface area contributed by atoms with Crippen LogP contribution in [0.1, 0.15) is 45.4 Å². The van der Waals surface area contributed by atoms with Gasteiger partial charge in [-0.25, -0.2) is 0 Å². The average molecular weight is 259 g/mol. The summed E-state index contributed by atoms with van der Waals surface area (Å²) in [6.45, 7) is 2.21. The van der Waals surface area contributed by atoms with E-state index < -0.39 is 0 Å². The number of alkyl halides is 1. The Morgan fingerprint density at radius 2 is 2.14 bits per heavy atom. The van der Waals surface area contributed by atoms with E-state index in [1.807, 2.05) is 0 Å². The highest BCUT2D eigenvalue weighted by Crippen LogP contribution is 2.41. The van der Waals surface area contributed by atoms with Crippen molar-refractivity contribution in [2.75, 3.05) is 0 Å². The first kappa shape index (κ1) is 10.7. The lowest BCUT2D eigenvalue weighted by atomic mass is 9.80. The zero-order valence-corrected chi connectivity index (χ0v) is 10.4. The van der Waals surface area contributed by atoms with Gasteiger partial charge < -0.3 is 0 Å². The van der Waals surface area contributed by atoms with Gasteiger partial charge in [0.25, 0.3) is 0 Å². The molecular weight excluding hydrogens is 240 g/mol. The molecule has 0 heterocycles. The summed E-state index contributed by atoms with van der Waals surface area (Å²) >= 11 is 3.62. The first-order chi connectivity index (χ1) is 6.72. The zero-order chi connectivity index (χ0) is 10.1. The molecule has 2 bridgehead atoms. The van der Waals surface area contributed by atoms with E-state index in [2.05, 4.69) is 22.9 Å². The maximum absolute atomic E-state index is 12.1. The monoisotopic (exact) mass is 258 g/mol. The van der Waals surface area contributed by atoms with Crippen molar-refractivity contribution in [2.45, 2.75) is 50.3 Å². The van der Waals surface area contributed by atoms with Crippen molar-refractivity contribution in [2.24, 2.45) is 17.8 Å². The largest absolute Gasteiger partial charge is 0.298 e. The number of hydrogen-bond donors (Lipinski definition) is 0. The fraction of sp³-hybridized carbons (Fsp3) is 0.917. The molecule has 0 spiro atoms. The summed E-state index contributed by atoms with van der Waals surface area (Å²) in [5.41, 5.74) is 0. The molecule has 2 rings (SSSR count). The maximum atomic E-state index is 12.1. The van der Waals surface area contributed by atoms with Crippen LogP contribution in [-0.4, -0.2) is 10.6 Å². The van der Waals surface area contributed by atoms with Crippen LogP contribution in [-0.2, 0) is 4.79 Å². The van der Waals surface area contributed by atoms with Crippen LogP contribution in [0.3, 0.4) is 0 Å². The Morgan fingerprint density at radius 1 is 1.36 bits per heavy atom. The molecule has 2 aliphatic rings. The second-order valence-electron chi connectivity index (χ2n) is 4.94. The van der Waals surface area contributed by atoms with Crippen LogP contribution in [0.15, 0.2) is 0 Å². The topological polar surface area (TPSA) is 17.1 Å². The summed E-state index contributed by atoms with van der Waals surface area (Å²) in [7, 11) is 0. The van der Waals surface area contributed by atoms with Crippen LogP contribution in [0.25, 0.3) is 0 Å². The summed E-state index contributed by atoms with van der Waals surface area (Å²) in [6, 6.07) is 0. The highest BCUT2D eigenvalue weighted by atomic mass is 79.9. The Kier molecular flexibility index (Phi) is 3.30. The number of Topliss-reactive ketones (excluding diaryl/α,β-unsaturated/α-hetero) is 1. The molecule has 14 heavy (non-hydrogen) atoms. The van der Waals surface area contributed by atoms with E-state index in [0.29, 0.717) is 17.6 Å². The summed E-state index contributed by atoms with van der Waals surface area (Å²) in [5.74, 6) is 2.31. The molecule has 0 aromatic carbocycles. The van der Waals surface area contributed by atoms with Gasteiger partial charge in [0.05, 0.1) is 4.83 Å². The van der Waals surface area contributed by atoms with E-state index in [1.165, 1.54) is 25.7 Å². The van der Waals surface area contributed by atoms with Gasteiger partial charge in [-0.1, -0.05) is 42.1 Å². The van der Waals surface area contributed by atoms with Crippen LogP contribution in [0, 0.1) is 17.8 Å². The van der Waals surface area contributed by atoms with Gasteiger partial charge in [-0.15, -0.1) is 0 Å². The maximum Gasteiger partial charge on any atom is 0.149 e. The van der Waals surface area contributed by atoms with Crippen molar-refractivity contribution in [1.82, 2.24) is 0 Å². The first-order valence-corrected chi connectivity index (χ1v) is 6.81. The van der Waals surface area contributed by atoms with Gasteiger partial charge in [0.15, 0.2) is 0 Å². The third-order valence-electron chi connectivity index (χ3n) is 4.03. The highest BCUT2D eigenvalue weighted by Gasteiger charge is 2.38. The quantitative estimate of drug-likeness (QED) is 0.658. The Bertz CT molecular complexity index is 226. The molecule has 0 amide bonds. The van der Waals surface area contributed by atoms with Crippen LogP contribution < -0.4 is 0 Å². The molecule has 0 aromatic heterocycles. The molecule has 1 nitrogen and oxygen atoms in total.